The van der Waals surface area contributed by atoms with Gasteiger partial charge in [0.25, 0.3) is 0 Å². The molecule has 1 saturated carbocycles. The molecule has 0 N–H and O–H groups in total. The molecular weight excluding hydrogens is 723 g/mol. The van der Waals surface area contributed by atoms with Gasteiger partial charge in [-0.3, -0.25) is 0 Å². The molecule has 2 heteroatoms. The molecule has 3 aliphatic carbocycles. The van der Waals surface area contributed by atoms with E-state index in [1.54, 1.807) is 11.1 Å². The molecule has 7 rings (SSSR count). The molecule has 2 atom stereocenters. The van der Waals surface area contributed by atoms with E-state index in [2.05, 4.69) is 146 Å². The van der Waals surface area contributed by atoms with Crippen molar-refractivity contribution >= 4 is 19.1 Å². The van der Waals surface area contributed by atoms with Gasteiger partial charge in [0, 0.05) is 0 Å². The van der Waals surface area contributed by atoms with Crippen LogP contribution in [0.2, 0.25) is 17.7 Å². The van der Waals surface area contributed by atoms with Gasteiger partial charge in [0.15, 0.2) is 0 Å². The summed E-state index contributed by atoms with van der Waals surface area (Å²) >= 11 is -5.09. The van der Waals surface area contributed by atoms with Crippen molar-refractivity contribution in [3.63, 3.8) is 0 Å². The molecule has 4 aromatic carbocycles. The van der Waals surface area contributed by atoms with Gasteiger partial charge in [-0.05, 0) is 0 Å². The Morgan fingerprint density at radius 3 is 1.31 bits per heavy atom. The van der Waals surface area contributed by atoms with Crippen LogP contribution in [0.25, 0.3) is 34.4 Å². The van der Waals surface area contributed by atoms with Crippen molar-refractivity contribution in [3.05, 3.63) is 129 Å². The molecule has 232 valence electrons. The Morgan fingerprint density at radius 1 is 0.533 bits per heavy atom. The fraction of sp³-hybridized carbons (Fsp3) is 0.349. The number of hydrogen-bond donors (Lipinski definition) is 0. The van der Waals surface area contributed by atoms with E-state index in [9.17, 15) is 0 Å². The van der Waals surface area contributed by atoms with E-state index in [0.717, 1.165) is 3.67 Å². The number of fused-ring (bicyclic) bond motifs is 2. The summed E-state index contributed by atoms with van der Waals surface area (Å²) in [6, 6.07) is 28.0. The monoisotopic (exact) mass is 776 g/mol. The Balaban J connectivity index is 1.50. The maximum absolute atomic E-state index is 5.09. The van der Waals surface area contributed by atoms with Crippen molar-refractivity contribution in [1.29, 1.82) is 0 Å². The zero-order chi connectivity index (χ0) is 31.9. The van der Waals surface area contributed by atoms with Crippen LogP contribution in [0.4, 0.5) is 0 Å². The minimum absolute atomic E-state index is 0.444. The molecule has 1 fully saturated rings. The van der Waals surface area contributed by atoms with Gasteiger partial charge in [-0.15, -0.1) is 0 Å². The molecule has 0 aromatic heterocycles. The molecule has 2 unspecified atom stereocenters. The van der Waals surface area contributed by atoms with Gasteiger partial charge in [0.1, 0.15) is 0 Å². The van der Waals surface area contributed by atoms with Crippen LogP contribution < -0.4 is 0 Å². The first-order chi connectivity index (χ1) is 21.2. The number of allylic oxidation sites excluding steroid dienone is 2. The molecule has 0 bridgehead atoms. The van der Waals surface area contributed by atoms with Crippen molar-refractivity contribution < 1.29 is 14.2 Å². The molecule has 3 aliphatic rings. The maximum atomic E-state index is 2.92. The molecule has 0 saturated heterocycles. The van der Waals surface area contributed by atoms with Crippen LogP contribution in [-0.2, 0) is 14.2 Å². The molecular formula is C43H52HfSi. The zero-order valence-electron chi connectivity index (χ0n) is 28.7. The minimum atomic E-state index is -5.09. The fourth-order valence-corrected chi connectivity index (χ4v) is 57.1. The Bertz CT molecular complexity index is 1910. The number of aryl methyl sites for hydroxylation is 4. The van der Waals surface area contributed by atoms with Gasteiger partial charge >= 0.3 is 270 Å². The first-order valence-electron chi connectivity index (χ1n) is 17.5. The van der Waals surface area contributed by atoms with Gasteiger partial charge < -0.3 is 0 Å². The van der Waals surface area contributed by atoms with E-state index in [1.165, 1.54) is 87.7 Å². The van der Waals surface area contributed by atoms with E-state index in [0.29, 0.717) is 7.35 Å². The molecule has 45 heavy (non-hydrogen) atoms. The van der Waals surface area contributed by atoms with E-state index in [4.69, 9.17) is 0 Å². The van der Waals surface area contributed by atoms with Crippen molar-refractivity contribution in [2.24, 2.45) is 0 Å². The number of rotatable bonds is 5. The van der Waals surface area contributed by atoms with Crippen LogP contribution in [0.5, 0.6) is 0 Å². The molecule has 0 nitrogen and oxygen atoms in total. The molecule has 0 aliphatic heterocycles. The molecule has 4 aromatic rings. The average Bonchev–Trinajstić information content (AvgIpc) is 3.65. The summed E-state index contributed by atoms with van der Waals surface area (Å²) in [5.41, 5.74) is 17.2. The SMILES string of the molecule is Cc1cccc(C)c1-c1cccc2c1C=C[CH]2[Hf]([CH3])([CH3])([CH3])(=[SiH2])([CH]1CCCCC1)[CH]1C=Cc2c(-c3c(C)cccc3C)cccc21. The Labute approximate surface area is 268 Å². The predicted molar refractivity (Wildman–Crippen MR) is 199 cm³/mol. The second-order valence-corrected chi connectivity index (χ2v) is 98.3. The standard InChI is InChI=1S/2C17H15.C6H11.3CH3.Hf.H2Si/c2*1-12-6-3-7-13(2)17(12)16-11-5-9-14-8-4-10-15(14)16;1-2-4-6-5-3-1;;;;;/h2*3-11H,1-2H3;1H,2-6H2;3*1H3;;1H2. The Kier molecular flexibility index (Phi) is 6.56. The summed E-state index contributed by atoms with van der Waals surface area (Å²) in [6.07, 6.45) is 17.3. The van der Waals surface area contributed by atoms with Crippen LogP contribution in [0.1, 0.15) is 84.0 Å². The van der Waals surface area contributed by atoms with Gasteiger partial charge in [0.2, 0.25) is 0 Å². The Morgan fingerprint density at radius 2 is 0.911 bits per heavy atom. The van der Waals surface area contributed by atoms with Crippen LogP contribution in [0.15, 0.2) is 84.9 Å². The summed E-state index contributed by atoms with van der Waals surface area (Å²) in [5, 5.41) is 0. The third-order valence-corrected chi connectivity index (χ3v) is 67.6. The first kappa shape index (κ1) is 31.1. The molecule has 0 heterocycles. The van der Waals surface area contributed by atoms with Gasteiger partial charge in [-0.25, -0.2) is 0 Å². The average molecular weight is 775 g/mol. The van der Waals surface area contributed by atoms with Gasteiger partial charge in [-0.1, -0.05) is 0 Å². The van der Waals surface area contributed by atoms with Crippen molar-refractivity contribution in [3.8, 4) is 22.3 Å². The summed E-state index contributed by atoms with van der Waals surface area (Å²) in [4.78, 5) is 0. The zero-order valence-corrected chi connectivity index (χ0v) is 33.7. The quantitative estimate of drug-likeness (QED) is 0.177. The molecule has 0 spiro atoms. The summed E-state index contributed by atoms with van der Waals surface area (Å²) < 4.78 is 10.4. The van der Waals surface area contributed by atoms with Gasteiger partial charge in [0.05, 0.1) is 0 Å². The third kappa shape index (κ3) is 4.23. The Hall–Kier alpha value is -2.55. The number of hydrogen-bond acceptors (Lipinski definition) is 0. The van der Waals surface area contributed by atoms with Gasteiger partial charge in [-0.2, -0.15) is 0 Å². The first-order valence-corrected chi connectivity index (χ1v) is 42.8. The van der Waals surface area contributed by atoms with Crippen molar-refractivity contribution in [2.75, 3.05) is 0 Å². The van der Waals surface area contributed by atoms with Crippen LogP contribution in [-0.4, -0.2) is 6.94 Å². The van der Waals surface area contributed by atoms with Crippen LogP contribution in [0.3, 0.4) is 0 Å². The van der Waals surface area contributed by atoms with E-state index >= 15 is 0 Å². The van der Waals surface area contributed by atoms with Crippen molar-refractivity contribution in [1.82, 2.24) is 0 Å². The molecule has 0 amide bonds. The normalized spacial score (nSPS) is 21.9. The predicted octanol–water partition coefficient (Wildman–Crippen LogP) is 12.3. The summed E-state index contributed by atoms with van der Waals surface area (Å²) in [5.74, 6) is 0. The van der Waals surface area contributed by atoms with Crippen molar-refractivity contribution in [2.45, 2.75) is 84.9 Å². The summed E-state index contributed by atoms with van der Waals surface area (Å²) in [7, 11) is 0. The van der Waals surface area contributed by atoms with E-state index < -0.39 is 14.2 Å². The fourth-order valence-electron chi connectivity index (χ4n) is 11.2. The topological polar surface area (TPSA) is 0 Å². The van der Waals surface area contributed by atoms with E-state index in [-0.39, 0.29) is 0 Å². The third-order valence-electron chi connectivity index (χ3n) is 14.0. The number of benzene rings is 4. The molecule has 0 radical (unpaired) electrons. The van der Waals surface area contributed by atoms with E-state index in [1.807, 2.05) is 0 Å². The second kappa shape index (κ2) is 9.51. The summed E-state index contributed by atoms with van der Waals surface area (Å²) in [6.45, 7) is 11.7. The second-order valence-electron chi connectivity index (χ2n) is 18.4. The van der Waals surface area contributed by atoms with Crippen LogP contribution in [0, 0.1) is 27.7 Å². The van der Waals surface area contributed by atoms with Crippen LogP contribution >= 0.6 is 0 Å².